The Morgan fingerprint density at radius 1 is 0.962 bits per heavy atom. The Kier molecular flexibility index (Phi) is 3.87. The molecular weight excluding hydrogens is 335 g/mol. The van der Waals surface area contributed by atoms with Crippen molar-refractivity contribution >= 4 is 0 Å². The Balaban J connectivity index is 2.13. The predicted octanol–water partition coefficient (Wildman–Crippen LogP) is 6.13. The van der Waals surface area contributed by atoms with Crippen LogP contribution in [0.4, 0.5) is 13.2 Å². The summed E-state index contributed by atoms with van der Waals surface area (Å²) in [5.41, 5.74) is 3.55. The normalized spacial score (nSPS) is 15.7. The summed E-state index contributed by atoms with van der Waals surface area (Å²) < 4.78 is 42.3. The van der Waals surface area contributed by atoms with E-state index in [4.69, 9.17) is 0 Å². The maximum Gasteiger partial charge on any atom is 0.417 e. The third-order valence-corrected chi connectivity index (χ3v) is 5.15. The van der Waals surface area contributed by atoms with E-state index >= 15 is 0 Å². The fourth-order valence-electron chi connectivity index (χ4n) is 4.05. The number of benzene rings is 2. The van der Waals surface area contributed by atoms with Gasteiger partial charge in [0.05, 0.1) is 11.3 Å². The van der Waals surface area contributed by atoms with Crippen LogP contribution < -0.4 is 0 Å². The standard InChI is InChI=1S/C22H18F3N/c1-3-17-13(2)20(22(23,24)25)19-18(14-9-5-4-6-10-14)15-11-7-8-12-16(15)21(19)26-17/h4-12,18H,3H2,1-2H3. The van der Waals surface area contributed by atoms with Gasteiger partial charge in [0.2, 0.25) is 0 Å². The van der Waals surface area contributed by atoms with Crippen LogP contribution in [-0.2, 0) is 12.6 Å². The molecule has 1 aromatic heterocycles. The Hall–Kier alpha value is -2.62. The maximum absolute atomic E-state index is 14.1. The molecule has 4 rings (SSSR count). The highest BCUT2D eigenvalue weighted by Crippen LogP contribution is 2.52. The van der Waals surface area contributed by atoms with Gasteiger partial charge in [-0.25, -0.2) is 0 Å². The van der Waals surface area contributed by atoms with Gasteiger partial charge in [0.25, 0.3) is 0 Å². The highest BCUT2D eigenvalue weighted by molar-refractivity contribution is 5.80. The SMILES string of the molecule is CCc1nc2c(c(C(F)(F)F)c1C)C(c1ccccc1)c1ccccc1-2. The summed E-state index contributed by atoms with van der Waals surface area (Å²) in [6.45, 7) is 3.39. The van der Waals surface area contributed by atoms with E-state index in [2.05, 4.69) is 4.98 Å². The Morgan fingerprint density at radius 2 is 1.62 bits per heavy atom. The summed E-state index contributed by atoms with van der Waals surface area (Å²) in [7, 11) is 0. The molecule has 3 aromatic rings. The van der Waals surface area contributed by atoms with Crippen molar-refractivity contribution in [2.24, 2.45) is 0 Å². The second kappa shape index (κ2) is 5.97. The minimum absolute atomic E-state index is 0.243. The molecule has 26 heavy (non-hydrogen) atoms. The lowest BCUT2D eigenvalue weighted by Gasteiger charge is -2.22. The van der Waals surface area contributed by atoms with Gasteiger partial charge in [-0.05, 0) is 30.0 Å². The fraction of sp³-hybridized carbons (Fsp3) is 0.227. The first kappa shape index (κ1) is 16.8. The molecule has 1 atom stereocenters. The van der Waals surface area contributed by atoms with E-state index in [9.17, 15) is 13.2 Å². The summed E-state index contributed by atoms with van der Waals surface area (Å²) >= 11 is 0. The molecule has 0 aliphatic heterocycles. The number of nitrogens with zero attached hydrogens (tertiary/aromatic N) is 1. The average Bonchev–Trinajstić information content (AvgIpc) is 2.94. The van der Waals surface area contributed by atoms with Crippen molar-refractivity contribution in [3.63, 3.8) is 0 Å². The van der Waals surface area contributed by atoms with E-state index in [0.717, 1.165) is 16.7 Å². The fourth-order valence-corrected chi connectivity index (χ4v) is 4.05. The molecular formula is C22H18F3N. The molecule has 0 amide bonds. The molecule has 0 fully saturated rings. The lowest BCUT2D eigenvalue weighted by atomic mass is 9.85. The number of hydrogen-bond donors (Lipinski definition) is 0. The van der Waals surface area contributed by atoms with E-state index in [1.807, 2.05) is 61.5 Å². The number of hydrogen-bond acceptors (Lipinski definition) is 1. The molecule has 4 heteroatoms. The van der Waals surface area contributed by atoms with Crippen LogP contribution in [0.15, 0.2) is 54.6 Å². The van der Waals surface area contributed by atoms with Crippen molar-refractivity contribution in [3.05, 3.63) is 88.1 Å². The van der Waals surface area contributed by atoms with Crippen molar-refractivity contribution in [2.45, 2.75) is 32.4 Å². The first-order chi connectivity index (χ1) is 12.4. The molecule has 1 aliphatic rings. The van der Waals surface area contributed by atoms with Crippen LogP contribution >= 0.6 is 0 Å². The molecule has 1 heterocycles. The maximum atomic E-state index is 14.1. The molecule has 0 N–H and O–H groups in total. The van der Waals surface area contributed by atoms with Crippen LogP contribution in [0.5, 0.6) is 0 Å². The number of alkyl halides is 3. The molecule has 0 spiro atoms. The minimum atomic E-state index is -4.42. The lowest BCUT2D eigenvalue weighted by Crippen LogP contribution is -2.16. The highest BCUT2D eigenvalue weighted by Gasteiger charge is 2.43. The molecule has 0 radical (unpaired) electrons. The number of halogens is 3. The van der Waals surface area contributed by atoms with E-state index in [0.29, 0.717) is 23.4 Å². The second-order valence-corrected chi connectivity index (χ2v) is 6.60. The molecule has 2 aromatic carbocycles. The zero-order valence-electron chi connectivity index (χ0n) is 14.6. The zero-order chi connectivity index (χ0) is 18.5. The summed E-state index contributed by atoms with van der Waals surface area (Å²) in [4.78, 5) is 4.66. The molecule has 1 aliphatic carbocycles. The van der Waals surface area contributed by atoms with Gasteiger partial charge in [0.1, 0.15) is 0 Å². The van der Waals surface area contributed by atoms with Crippen molar-refractivity contribution in [2.75, 3.05) is 0 Å². The highest BCUT2D eigenvalue weighted by atomic mass is 19.4. The first-order valence-electron chi connectivity index (χ1n) is 8.68. The van der Waals surface area contributed by atoms with Crippen LogP contribution in [0.2, 0.25) is 0 Å². The molecule has 0 saturated carbocycles. The van der Waals surface area contributed by atoms with E-state index in [-0.39, 0.29) is 5.56 Å². The first-order valence-corrected chi connectivity index (χ1v) is 8.68. The van der Waals surface area contributed by atoms with Gasteiger partial charge in [-0.3, -0.25) is 4.98 Å². The number of fused-ring (bicyclic) bond motifs is 3. The largest absolute Gasteiger partial charge is 0.417 e. The minimum Gasteiger partial charge on any atom is -0.252 e. The average molecular weight is 353 g/mol. The second-order valence-electron chi connectivity index (χ2n) is 6.60. The van der Waals surface area contributed by atoms with E-state index < -0.39 is 17.7 Å². The Bertz CT molecular complexity index is 975. The van der Waals surface area contributed by atoms with Crippen molar-refractivity contribution < 1.29 is 13.2 Å². The molecule has 0 saturated heterocycles. The Labute approximate surface area is 150 Å². The zero-order valence-corrected chi connectivity index (χ0v) is 14.6. The topological polar surface area (TPSA) is 12.9 Å². The summed E-state index contributed by atoms with van der Waals surface area (Å²) in [5, 5.41) is 0. The molecule has 1 unspecified atom stereocenters. The van der Waals surface area contributed by atoms with Crippen molar-refractivity contribution in [1.82, 2.24) is 4.98 Å². The number of aromatic nitrogens is 1. The van der Waals surface area contributed by atoms with Crippen LogP contribution in [-0.4, -0.2) is 4.98 Å². The van der Waals surface area contributed by atoms with Crippen molar-refractivity contribution in [3.8, 4) is 11.3 Å². The summed E-state index contributed by atoms with van der Waals surface area (Å²) in [6, 6.07) is 16.9. The van der Waals surface area contributed by atoms with Gasteiger partial charge in [0, 0.05) is 22.7 Å². The number of aryl methyl sites for hydroxylation is 1. The van der Waals surface area contributed by atoms with Crippen LogP contribution in [0, 0.1) is 6.92 Å². The monoisotopic (exact) mass is 353 g/mol. The summed E-state index contributed by atoms with van der Waals surface area (Å²) in [5.74, 6) is -0.448. The molecule has 1 nitrogen and oxygen atoms in total. The van der Waals surface area contributed by atoms with Crippen LogP contribution in [0.25, 0.3) is 11.3 Å². The van der Waals surface area contributed by atoms with E-state index in [1.54, 1.807) is 6.92 Å². The van der Waals surface area contributed by atoms with Gasteiger partial charge >= 0.3 is 6.18 Å². The Morgan fingerprint density at radius 3 is 2.27 bits per heavy atom. The molecule has 132 valence electrons. The number of pyridine rings is 1. The lowest BCUT2D eigenvalue weighted by molar-refractivity contribution is -0.138. The van der Waals surface area contributed by atoms with Gasteiger partial charge in [-0.15, -0.1) is 0 Å². The predicted molar refractivity (Wildman–Crippen MR) is 96.2 cm³/mol. The van der Waals surface area contributed by atoms with Gasteiger partial charge in [-0.2, -0.15) is 13.2 Å². The van der Waals surface area contributed by atoms with Crippen LogP contribution in [0.1, 0.15) is 46.4 Å². The van der Waals surface area contributed by atoms with Crippen LogP contribution in [0.3, 0.4) is 0 Å². The summed E-state index contributed by atoms with van der Waals surface area (Å²) in [6.07, 6.45) is -3.95. The van der Waals surface area contributed by atoms with Gasteiger partial charge in [-0.1, -0.05) is 61.5 Å². The third kappa shape index (κ3) is 2.44. The van der Waals surface area contributed by atoms with Gasteiger partial charge < -0.3 is 0 Å². The third-order valence-electron chi connectivity index (χ3n) is 5.15. The molecule has 0 bridgehead atoms. The van der Waals surface area contributed by atoms with Crippen molar-refractivity contribution in [1.29, 1.82) is 0 Å². The number of rotatable bonds is 2. The van der Waals surface area contributed by atoms with Gasteiger partial charge in [0.15, 0.2) is 0 Å². The van der Waals surface area contributed by atoms with E-state index in [1.165, 1.54) is 0 Å². The smallest absolute Gasteiger partial charge is 0.252 e. The quantitative estimate of drug-likeness (QED) is 0.422.